The van der Waals surface area contributed by atoms with Gasteiger partial charge in [0.2, 0.25) is 0 Å². The highest BCUT2D eigenvalue weighted by molar-refractivity contribution is 5.87. The number of aromatic nitrogens is 7. The van der Waals surface area contributed by atoms with Crippen LogP contribution in [0.5, 0.6) is 5.75 Å². The molecule has 9 nitrogen and oxygen atoms in total. The zero-order chi connectivity index (χ0) is 20.7. The minimum absolute atomic E-state index is 0.210. The van der Waals surface area contributed by atoms with Gasteiger partial charge in [-0.25, -0.2) is 15.0 Å². The van der Waals surface area contributed by atoms with Crippen LogP contribution in [0.3, 0.4) is 0 Å². The lowest BCUT2D eigenvalue weighted by molar-refractivity contribution is 0.0396. The van der Waals surface area contributed by atoms with Crippen LogP contribution >= 0.6 is 0 Å². The minimum atomic E-state index is -0.210. The van der Waals surface area contributed by atoms with Gasteiger partial charge in [0, 0.05) is 12.7 Å². The summed E-state index contributed by atoms with van der Waals surface area (Å²) in [5.74, 6) is 1.27. The second-order valence-corrected chi connectivity index (χ2v) is 7.16. The van der Waals surface area contributed by atoms with E-state index in [1.54, 1.807) is 17.1 Å². The Morgan fingerprint density at radius 1 is 1.10 bits per heavy atom. The van der Waals surface area contributed by atoms with Gasteiger partial charge in [0.15, 0.2) is 5.82 Å². The molecule has 5 rings (SSSR count). The molecule has 0 fully saturated rings. The molecule has 5 heterocycles. The van der Waals surface area contributed by atoms with E-state index in [1.165, 1.54) is 0 Å². The number of pyridine rings is 1. The van der Waals surface area contributed by atoms with Crippen LogP contribution in [-0.2, 0) is 11.8 Å². The molecule has 4 aromatic heterocycles. The predicted octanol–water partition coefficient (Wildman–Crippen LogP) is 3.10. The monoisotopic (exact) mass is 403 g/mol. The first-order valence-electron chi connectivity index (χ1n) is 9.73. The third-order valence-electron chi connectivity index (χ3n) is 5.07. The SMILES string of the molecule is Cc1ccc2c(n1)/C=C/c1n[nH]c3cnc(nc13)-c1cnn(C)c1[C@@H](C)OCCO2. The van der Waals surface area contributed by atoms with Crippen LogP contribution in [0.25, 0.3) is 34.6 Å². The molecule has 4 aromatic rings. The summed E-state index contributed by atoms with van der Waals surface area (Å²) in [6, 6.07) is 3.85. The Kier molecular flexibility index (Phi) is 4.51. The minimum Gasteiger partial charge on any atom is -0.489 e. The van der Waals surface area contributed by atoms with Crippen molar-refractivity contribution in [3.05, 3.63) is 47.3 Å². The molecule has 0 aliphatic carbocycles. The number of nitrogens with zero attached hydrogens (tertiary/aromatic N) is 6. The smallest absolute Gasteiger partial charge is 0.163 e. The number of aromatic amines is 1. The van der Waals surface area contributed by atoms with Crippen LogP contribution in [-0.4, -0.2) is 48.1 Å². The van der Waals surface area contributed by atoms with E-state index in [9.17, 15) is 0 Å². The average Bonchev–Trinajstić information content (AvgIpc) is 3.32. The maximum atomic E-state index is 6.04. The standard InChI is InChI=1S/C21H21N7O2/c1-12-4-7-18-15(24-12)5-6-16-19-17(27-26-16)11-22-21(25-19)14-10-23-28(3)20(14)13(2)29-8-9-30-18/h4-7,10-11,13H,8-9H2,1-3H3,(H,26,27)/b6-5+/t13-/m1/s1. The molecule has 0 amide bonds. The van der Waals surface area contributed by atoms with Crippen molar-refractivity contribution in [3.63, 3.8) is 0 Å². The zero-order valence-corrected chi connectivity index (χ0v) is 17.0. The third kappa shape index (κ3) is 3.22. The first-order chi connectivity index (χ1) is 14.6. The normalized spacial score (nSPS) is 17.6. The third-order valence-corrected chi connectivity index (χ3v) is 5.07. The molecule has 0 saturated carbocycles. The van der Waals surface area contributed by atoms with Crippen LogP contribution in [0.15, 0.2) is 24.5 Å². The van der Waals surface area contributed by atoms with Gasteiger partial charge < -0.3 is 9.47 Å². The zero-order valence-electron chi connectivity index (χ0n) is 17.0. The molecule has 0 aromatic carbocycles. The fourth-order valence-electron chi connectivity index (χ4n) is 3.60. The average molecular weight is 403 g/mol. The van der Waals surface area contributed by atoms with Crippen LogP contribution in [0, 0.1) is 6.92 Å². The molecule has 30 heavy (non-hydrogen) atoms. The van der Waals surface area contributed by atoms with Crippen LogP contribution < -0.4 is 4.74 Å². The number of rotatable bonds is 0. The van der Waals surface area contributed by atoms with E-state index in [-0.39, 0.29) is 6.10 Å². The van der Waals surface area contributed by atoms with Gasteiger partial charge >= 0.3 is 0 Å². The lowest BCUT2D eigenvalue weighted by Crippen LogP contribution is -2.13. The van der Waals surface area contributed by atoms with Crippen molar-refractivity contribution in [1.29, 1.82) is 0 Å². The highest BCUT2D eigenvalue weighted by Crippen LogP contribution is 2.29. The van der Waals surface area contributed by atoms with Gasteiger partial charge in [0.25, 0.3) is 0 Å². The largest absolute Gasteiger partial charge is 0.489 e. The summed E-state index contributed by atoms with van der Waals surface area (Å²) in [6.07, 6.45) is 7.06. The van der Waals surface area contributed by atoms with Crippen molar-refractivity contribution in [2.75, 3.05) is 13.2 Å². The molecule has 2 bridgehead atoms. The number of H-pyrrole nitrogens is 1. The van der Waals surface area contributed by atoms with Crippen molar-refractivity contribution >= 4 is 23.2 Å². The summed E-state index contributed by atoms with van der Waals surface area (Å²) >= 11 is 0. The predicted molar refractivity (Wildman–Crippen MR) is 112 cm³/mol. The molecular formula is C21H21N7O2. The topological polar surface area (TPSA) is 104 Å². The van der Waals surface area contributed by atoms with Crippen molar-refractivity contribution in [3.8, 4) is 17.1 Å². The van der Waals surface area contributed by atoms with E-state index in [4.69, 9.17) is 14.5 Å². The van der Waals surface area contributed by atoms with E-state index in [1.807, 2.05) is 45.2 Å². The number of fused-ring (bicyclic) bond motifs is 4. The maximum absolute atomic E-state index is 6.04. The van der Waals surface area contributed by atoms with E-state index in [0.29, 0.717) is 30.5 Å². The number of nitrogens with one attached hydrogen (secondary N) is 1. The number of hydrogen-bond acceptors (Lipinski definition) is 7. The summed E-state index contributed by atoms with van der Waals surface area (Å²) in [5.41, 5.74) is 5.56. The van der Waals surface area contributed by atoms with Crippen LogP contribution in [0.1, 0.15) is 35.8 Å². The Balaban J connectivity index is 1.68. The molecule has 0 unspecified atom stereocenters. The maximum Gasteiger partial charge on any atom is 0.163 e. The summed E-state index contributed by atoms with van der Waals surface area (Å²) in [7, 11) is 1.89. The molecule has 0 saturated heterocycles. The summed E-state index contributed by atoms with van der Waals surface area (Å²) < 4.78 is 13.8. The number of ether oxygens (including phenoxy) is 2. The van der Waals surface area contributed by atoms with Gasteiger partial charge in [-0.3, -0.25) is 9.78 Å². The van der Waals surface area contributed by atoms with Crippen molar-refractivity contribution in [1.82, 2.24) is 34.9 Å². The van der Waals surface area contributed by atoms with Gasteiger partial charge in [0.05, 0.1) is 36.4 Å². The molecule has 1 atom stereocenters. The fraction of sp³-hybridized carbons (Fsp3) is 0.286. The Hall–Kier alpha value is -3.59. The van der Waals surface area contributed by atoms with E-state index >= 15 is 0 Å². The molecule has 1 aliphatic rings. The molecule has 0 spiro atoms. The van der Waals surface area contributed by atoms with Crippen molar-refractivity contribution < 1.29 is 9.47 Å². The second-order valence-electron chi connectivity index (χ2n) is 7.16. The van der Waals surface area contributed by atoms with Crippen LogP contribution in [0.4, 0.5) is 0 Å². The second kappa shape index (κ2) is 7.34. The Bertz CT molecular complexity index is 1260. The molecule has 1 N–H and O–H groups in total. The van der Waals surface area contributed by atoms with E-state index in [0.717, 1.165) is 33.7 Å². The van der Waals surface area contributed by atoms with Gasteiger partial charge in [-0.2, -0.15) is 10.2 Å². The van der Waals surface area contributed by atoms with Crippen LogP contribution in [0.2, 0.25) is 0 Å². The number of hydrogen-bond donors (Lipinski definition) is 1. The molecule has 9 heteroatoms. The molecule has 1 aliphatic heterocycles. The fourth-order valence-corrected chi connectivity index (χ4v) is 3.60. The molecule has 152 valence electrons. The molecular weight excluding hydrogens is 382 g/mol. The first kappa shape index (κ1) is 18.4. The van der Waals surface area contributed by atoms with E-state index < -0.39 is 0 Å². The van der Waals surface area contributed by atoms with Crippen molar-refractivity contribution in [2.45, 2.75) is 20.0 Å². The quantitative estimate of drug-likeness (QED) is 0.481. The summed E-state index contributed by atoms with van der Waals surface area (Å²) in [6.45, 7) is 4.76. The highest BCUT2D eigenvalue weighted by atomic mass is 16.5. The number of aryl methyl sites for hydroxylation is 2. The first-order valence-corrected chi connectivity index (χ1v) is 9.73. The van der Waals surface area contributed by atoms with Gasteiger partial charge in [0.1, 0.15) is 34.8 Å². The Labute approximate surface area is 172 Å². The summed E-state index contributed by atoms with van der Waals surface area (Å²) in [4.78, 5) is 13.9. The highest BCUT2D eigenvalue weighted by Gasteiger charge is 2.21. The Morgan fingerprint density at radius 3 is 2.87 bits per heavy atom. The van der Waals surface area contributed by atoms with Gasteiger partial charge in [-0.05, 0) is 38.1 Å². The lowest BCUT2D eigenvalue weighted by Gasteiger charge is -2.16. The van der Waals surface area contributed by atoms with Gasteiger partial charge in [-0.15, -0.1) is 0 Å². The summed E-state index contributed by atoms with van der Waals surface area (Å²) in [5, 5.41) is 11.8. The van der Waals surface area contributed by atoms with Gasteiger partial charge in [-0.1, -0.05) is 0 Å². The van der Waals surface area contributed by atoms with Crippen molar-refractivity contribution in [2.24, 2.45) is 7.05 Å². The molecule has 0 radical (unpaired) electrons. The Morgan fingerprint density at radius 2 is 1.97 bits per heavy atom. The lowest BCUT2D eigenvalue weighted by atomic mass is 10.1. The van der Waals surface area contributed by atoms with E-state index in [2.05, 4.69) is 25.3 Å².